The van der Waals surface area contributed by atoms with Crippen LogP contribution < -0.4 is 9.64 Å². The summed E-state index contributed by atoms with van der Waals surface area (Å²) in [4.78, 5) is 24.4. The number of hydrogen-bond acceptors (Lipinski definition) is 5. The van der Waals surface area contributed by atoms with Crippen LogP contribution in [0.4, 0.5) is 14.9 Å². The number of likely N-dealkylation sites (tertiary alicyclic amines) is 1. The molecule has 2 aromatic carbocycles. The maximum Gasteiger partial charge on any atom is 0.325 e. The van der Waals surface area contributed by atoms with Crippen LogP contribution in [0.15, 0.2) is 60.1 Å². The molecule has 178 valence electrons. The lowest BCUT2D eigenvalue weighted by atomic mass is 9.80. The van der Waals surface area contributed by atoms with E-state index in [-0.39, 0.29) is 23.8 Å². The molecule has 6 nitrogen and oxygen atoms in total. The predicted molar refractivity (Wildman–Crippen MR) is 132 cm³/mol. The topological polar surface area (TPSA) is 48.9 Å². The Hall–Kier alpha value is -2.97. The Balaban J connectivity index is 1.65. The van der Waals surface area contributed by atoms with E-state index in [0.29, 0.717) is 25.3 Å². The van der Waals surface area contributed by atoms with Crippen molar-refractivity contribution in [2.45, 2.75) is 37.9 Å². The third-order valence-corrected chi connectivity index (χ3v) is 7.72. The predicted octanol–water partition coefficient (Wildman–Crippen LogP) is 4.98. The average Bonchev–Trinajstić information content (AvgIpc) is 3.52. The number of benzene rings is 2. The number of carbonyl (C=O) groups is 1. The van der Waals surface area contributed by atoms with Crippen molar-refractivity contribution >= 4 is 23.1 Å². The van der Waals surface area contributed by atoms with Crippen molar-refractivity contribution in [3.8, 4) is 5.75 Å². The largest absolute Gasteiger partial charge is 0.496 e. The Morgan fingerprint density at radius 1 is 1.21 bits per heavy atom. The Morgan fingerprint density at radius 2 is 2.03 bits per heavy atom. The molecule has 8 heteroatoms. The van der Waals surface area contributed by atoms with Gasteiger partial charge in [-0.2, -0.15) is 0 Å². The molecule has 0 aliphatic carbocycles. The fourth-order valence-corrected chi connectivity index (χ4v) is 6.16. The smallest absolute Gasteiger partial charge is 0.325 e. The Morgan fingerprint density at radius 3 is 2.74 bits per heavy atom. The number of aromatic nitrogens is 1. The maximum atomic E-state index is 14.4. The summed E-state index contributed by atoms with van der Waals surface area (Å²) in [6.07, 6.45) is 1.82. The molecule has 2 atom stereocenters. The monoisotopic (exact) mass is 480 g/mol. The number of carbonyl (C=O) groups excluding carboxylic acids is 1. The first-order chi connectivity index (χ1) is 16.4. The number of nitrogens with zero attached hydrogens (tertiary/aromatic N) is 4. The minimum Gasteiger partial charge on any atom is -0.496 e. The summed E-state index contributed by atoms with van der Waals surface area (Å²) >= 11 is 1.63. The zero-order valence-electron chi connectivity index (χ0n) is 19.6. The molecule has 0 radical (unpaired) electrons. The van der Waals surface area contributed by atoms with E-state index in [0.717, 1.165) is 22.9 Å². The van der Waals surface area contributed by atoms with Crippen molar-refractivity contribution in [3.05, 3.63) is 76.5 Å². The van der Waals surface area contributed by atoms with Gasteiger partial charge in [0, 0.05) is 54.4 Å². The van der Waals surface area contributed by atoms with E-state index >= 15 is 0 Å². The minimum absolute atomic E-state index is 0.0225. The number of rotatable bonds is 6. The number of anilines is 1. The van der Waals surface area contributed by atoms with Gasteiger partial charge >= 0.3 is 6.03 Å². The van der Waals surface area contributed by atoms with E-state index in [1.807, 2.05) is 59.5 Å². The Labute approximate surface area is 203 Å². The summed E-state index contributed by atoms with van der Waals surface area (Å²) in [6.45, 7) is 6.71. The summed E-state index contributed by atoms with van der Waals surface area (Å²) in [7, 11) is 1.68. The van der Waals surface area contributed by atoms with E-state index in [2.05, 4.69) is 16.0 Å². The molecular weight excluding hydrogens is 451 g/mol. The molecule has 1 spiro atoms. The zero-order valence-corrected chi connectivity index (χ0v) is 20.5. The first kappa shape index (κ1) is 22.8. The van der Waals surface area contributed by atoms with Crippen molar-refractivity contribution in [1.29, 1.82) is 0 Å². The number of methoxy groups -OCH3 is 1. The van der Waals surface area contributed by atoms with E-state index in [1.54, 1.807) is 24.5 Å². The number of hydrogen-bond donors (Lipinski definition) is 0. The lowest BCUT2D eigenvalue weighted by Gasteiger charge is -2.38. The summed E-state index contributed by atoms with van der Waals surface area (Å²) < 4.78 is 20.1. The van der Waals surface area contributed by atoms with E-state index in [1.165, 1.54) is 12.1 Å². The molecule has 2 saturated heterocycles. The molecule has 1 unspecified atom stereocenters. The second-order valence-corrected chi connectivity index (χ2v) is 10.3. The summed E-state index contributed by atoms with van der Waals surface area (Å²) in [5.41, 5.74) is 1.07. The highest BCUT2D eigenvalue weighted by atomic mass is 32.1. The van der Waals surface area contributed by atoms with Crippen LogP contribution >= 0.6 is 11.3 Å². The molecule has 3 aromatic rings. The van der Waals surface area contributed by atoms with Crippen LogP contribution in [-0.4, -0.2) is 59.1 Å². The third-order valence-electron chi connectivity index (χ3n) is 6.96. The van der Waals surface area contributed by atoms with Gasteiger partial charge in [0.05, 0.1) is 19.2 Å². The second-order valence-electron chi connectivity index (χ2n) is 9.31. The van der Waals surface area contributed by atoms with Gasteiger partial charge in [-0.25, -0.2) is 14.2 Å². The van der Waals surface area contributed by atoms with Gasteiger partial charge in [-0.1, -0.05) is 24.3 Å². The van der Waals surface area contributed by atoms with Crippen LogP contribution in [0.25, 0.3) is 0 Å². The highest BCUT2D eigenvalue weighted by Crippen LogP contribution is 2.49. The fraction of sp³-hybridized carbons (Fsp3) is 0.385. The van der Waals surface area contributed by atoms with Crippen LogP contribution in [0.1, 0.15) is 30.3 Å². The Kier molecular flexibility index (Phi) is 6.04. The molecule has 2 fully saturated rings. The Bertz CT molecular complexity index is 1170. The summed E-state index contributed by atoms with van der Waals surface area (Å²) in [6, 6.07) is 14.3. The maximum absolute atomic E-state index is 14.4. The van der Waals surface area contributed by atoms with Crippen LogP contribution in [0.2, 0.25) is 0 Å². The first-order valence-electron chi connectivity index (χ1n) is 11.5. The average molecular weight is 481 g/mol. The normalized spacial score (nSPS) is 23.0. The second kappa shape index (κ2) is 9.00. The van der Waals surface area contributed by atoms with Crippen LogP contribution in [0, 0.1) is 5.82 Å². The third kappa shape index (κ3) is 3.84. The number of para-hydroxylation sites is 1. The molecule has 34 heavy (non-hydrogen) atoms. The summed E-state index contributed by atoms with van der Waals surface area (Å²) in [5.74, 6) is 0.423. The van der Waals surface area contributed by atoms with Gasteiger partial charge in [0.2, 0.25) is 0 Å². The van der Waals surface area contributed by atoms with E-state index in [9.17, 15) is 9.18 Å². The molecule has 3 heterocycles. The molecule has 0 bridgehead atoms. The molecule has 0 saturated carbocycles. The number of amides is 2. The fourth-order valence-electron chi connectivity index (χ4n) is 5.50. The lowest BCUT2D eigenvalue weighted by molar-refractivity contribution is 0.205. The lowest BCUT2D eigenvalue weighted by Crippen LogP contribution is -2.53. The van der Waals surface area contributed by atoms with Crippen LogP contribution in [-0.2, 0) is 6.54 Å². The van der Waals surface area contributed by atoms with Crippen molar-refractivity contribution in [2.75, 3.05) is 31.6 Å². The van der Waals surface area contributed by atoms with Gasteiger partial charge in [-0.15, -0.1) is 11.3 Å². The van der Waals surface area contributed by atoms with Crippen molar-refractivity contribution < 1.29 is 13.9 Å². The highest BCUT2D eigenvalue weighted by molar-refractivity contribution is 7.09. The standard InChI is InChI=1S/C26H29FN4O2S/c1-18(2)30-17-26(31(25(30)32)20-8-6-7-19(27)13-20)16-29(15-24-28-11-12-34-24)14-22(26)21-9-4-5-10-23(21)33-3/h4-13,18,22H,14-17H2,1-3H3/t22?,26-/m1/s1. The quantitative estimate of drug-likeness (QED) is 0.499. The number of urea groups is 1. The van der Waals surface area contributed by atoms with Crippen LogP contribution in [0.5, 0.6) is 5.75 Å². The van der Waals surface area contributed by atoms with Crippen LogP contribution in [0.3, 0.4) is 0 Å². The molecule has 2 aliphatic heterocycles. The molecule has 2 aliphatic rings. The highest BCUT2D eigenvalue weighted by Gasteiger charge is 2.60. The number of ether oxygens (including phenoxy) is 1. The van der Waals surface area contributed by atoms with Gasteiger partial charge in [-0.3, -0.25) is 9.80 Å². The van der Waals surface area contributed by atoms with E-state index in [4.69, 9.17) is 4.74 Å². The molecule has 1 aromatic heterocycles. The van der Waals surface area contributed by atoms with Crippen molar-refractivity contribution in [3.63, 3.8) is 0 Å². The molecular formula is C26H29FN4O2S. The molecule has 0 N–H and O–H groups in total. The number of halogens is 1. The first-order valence-corrected chi connectivity index (χ1v) is 12.4. The molecule has 2 amide bonds. The SMILES string of the molecule is COc1ccccc1C1CN(Cc2nccs2)C[C@@]12CN(C(C)C)C(=O)N2c1cccc(F)c1. The van der Waals surface area contributed by atoms with Gasteiger partial charge in [0.1, 0.15) is 16.6 Å². The van der Waals surface area contributed by atoms with Crippen molar-refractivity contribution in [2.24, 2.45) is 0 Å². The van der Waals surface area contributed by atoms with Gasteiger partial charge < -0.3 is 9.64 Å². The minimum atomic E-state index is -0.582. The summed E-state index contributed by atoms with van der Waals surface area (Å²) in [5, 5.41) is 3.02. The van der Waals surface area contributed by atoms with Gasteiger partial charge in [0.25, 0.3) is 0 Å². The van der Waals surface area contributed by atoms with Gasteiger partial charge in [0.15, 0.2) is 0 Å². The zero-order chi connectivity index (χ0) is 23.9. The van der Waals surface area contributed by atoms with E-state index < -0.39 is 5.54 Å². The number of thiazole rings is 1. The van der Waals surface area contributed by atoms with Gasteiger partial charge in [-0.05, 0) is 38.1 Å². The molecule has 5 rings (SSSR count). The van der Waals surface area contributed by atoms with Crippen molar-refractivity contribution in [1.82, 2.24) is 14.8 Å².